The van der Waals surface area contributed by atoms with E-state index in [1.165, 1.54) is 54.4 Å². The van der Waals surface area contributed by atoms with Crippen LogP contribution in [-0.2, 0) is 0 Å². The lowest BCUT2D eigenvalue weighted by Gasteiger charge is -2.16. The zero-order valence-corrected chi connectivity index (χ0v) is 55.0. The van der Waals surface area contributed by atoms with Crippen molar-refractivity contribution in [2.75, 3.05) is 0 Å². The number of hydrogen-bond donors (Lipinski definition) is 0. The first kappa shape index (κ1) is 59.2. The van der Waals surface area contributed by atoms with Crippen LogP contribution in [0, 0.1) is 22.7 Å². The molecule has 0 amide bonds. The van der Waals surface area contributed by atoms with Crippen molar-refractivity contribution in [1.29, 1.82) is 10.5 Å². The van der Waals surface area contributed by atoms with Gasteiger partial charge in [0.05, 0.1) is 45.3 Å². The van der Waals surface area contributed by atoms with Gasteiger partial charge in [-0.3, -0.25) is 0 Å². The molecule has 0 saturated carbocycles. The van der Waals surface area contributed by atoms with Crippen molar-refractivity contribution < 1.29 is 0 Å². The lowest BCUT2D eigenvalue weighted by atomic mass is 9.89. The Morgan fingerprint density at radius 1 is 0.206 bits per heavy atom. The molecule has 0 unspecified atom stereocenters. The molecule has 0 aliphatic carbocycles. The molecule has 20 aromatic rings. The largest absolute Gasteiger partial charge is 0.309 e. The monoisotopic (exact) mass is 1300 g/mol. The molecule has 20 rings (SSSR count). The molecule has 0 fully saturated rings. The fourth-order valence-electron chi connectivity index (χ4n) is 15.5. The van der Waals surface area contributed by atoms with Crippen molar-refractivity contribution in [1.82, 2.24) is 24.1 Å². The summed E-state index contributed by atoms with van der Waals surface area (Å²) < 4.78 is 4.55. The summed E-state index contributed by atoms with van der Waals surface area (Å²) in [6.07, 6.45) is 0. The number of fused-ring (bicyclic) bond motifs is 16. The zero-order valence-electron chi connectivity index (χ0n) is 55.0. The van der Waals surface area contributed by atoms with Crippen molar-refractivity contribution in [3.05, 3.63) is 357 Å². The Hall–Kier alpha value is -14.1. The third-order valence-electron chi connectivity index (χ3n) is 20.3. The van der Waals surface area contributed by atoms with E-state index in [0.29, 0.717) is 28.6 Å². The Morgan fingerprint density at radius 3 is 1.05 bits per heavy atom. The molecule has 0 radical (unpaired) electrons. The maximum absolute atomic E-state index is 9.82. The van der Waals surface area contributed by atoms with Gasteiger partial charge in [0.25, 0.3) is 0 Å². The number of para-hydroxylation sites is 2. The maximum Gasteiger partial charge on any atom is 0.164 e. The molecule has 0 aliphatic rings. The van der Waals surface area contributed by atoms with Gasteiger partial charge in [-0.15, -0.1) is 0 Å². The predicted octanol–water partition coefficient (Wildman–Crippen LogP) is 24.4. The molecular formula is C95H57N7. The smallest absolute Gasteiger partial charge is 0.164 e. The van der Waals surface area contributed by atoms with E-state index in [-0.39, 0.29) is 0 Å². The summed E-state index contributed by atoms with van der Waals surface area (Å²) in [4.78, 5) is 15.3. The highest BCUT2D eigenvalue weighted by atomic mass is 15.0. The van der Waals surface area contributed by atoms with Gasteiger partial charge in [-0.05, 0) is 177 Å². The molecule has 3 aromatic heterocycles. The van der Waals surface area contributed by atoms with Crippen molar-refractivity contribution >= 4 is 108 Å². The summed E-state index contributed by atoms with van der Waals surface area (Å²) in [5.74, 6) is 1.90. The fraction of sp³-hybridized carbons (Fsp3) is 0. The van der Waals surface area contributed by atoms with Gasteiger partial charge in [0.1, 0.15) is 0 Å². The molecule has 3 heterocycles. The van der Waals surface area contributed by atoms with E-state index in [2.05, 4.69) is 270 Å². The van der Waals surface area contributed by atoms with Crippen LogP contribution in [0.2, 0.25) is 0 Å². The summed E-state index contributed by atoms with van der Waals surface area (Å²) in [5, 5.41) is 38.5. The van der Waals surface area contributed by atoms with Crippen LogP contribution < -0.4 is 0 Å². The van der Waals surface area contributed by atoms with Crippen molar-refractivity contribution in [3.8, 4) is 91.1 Å². The summed E-state index contributed by atoms with van der Waals surface area (Å²) in [6.45, 7) is 0. The minimum atomic E-state index is 0.632. The zero-order chi connectivity index (χ0) is 67.8. The summed E-state index contributed by atoms with van der Waals surface area (Å²) in [5.41, 5.74) is 17.6. The number of benzene rings is 17. The van der Waals surface area contributed by atoms with Crippen LogP contribution in [0.25, 0.3) is 187 Å². The highest BCUT2D eigenvalue weighted by Gasteiger charge is 2.22. The molecule has 472 valence electrons. The lowest BCUT2D eigenvalue weighted by Crippen LogP contribution is -2.00. The molecular weight excluding hydrogens is 1240 g/mol. The standard InChI is InChI=1S/C52H31N5.C43H26N2/c53-32-33-24-26-42-43-27-25-36(29-49(43)57(48(42)28-33)37-18-8-3-9-19-37)44-30-45-40-22-12-13-23-41(40)47(31-46(45)39-21-11-10-20-38(39)44)52-55-50(34-14-4-1-5-15-34)54-51(56-52)35-16-6-2-7-17-35;44-27-28-14-21-38-39-23-20-32(25-43(39)45(42(38)24-28)33-9-2-1-3-10-33)29-15-17-31(18-16-29)40-26-41-34-11-5-4-8-30(34)19-22-37(41)35-12-6-7-13-36(35)40/h1-31H;1-26H. The van der Waals surface area contributed by atoms with E-state index >= 15 is 0 Å². The summed E-state index contributed by atoms with van der Waals surface area (Å²) in [6, 6.07) is 126. The van der Waals surface area contributed by atoms with Gasteiger partial charge in [-0.2, -0.15) is 10.5 Å². The first-order chi connectivity index (χ1) is 50.5. The van der Waals surface area contributed by atoms with Crippen molar-refractivity contribution in [2.45, 2.75) is 0 Å². The van der Waals surface area contributed by atoms with E-state index < -0.39 is 0 Å². The molecule has 0 bridgehead atoms. The number of rotatable bonds is 8. The van der Waals surface area contributed by atoms with Crippen LogP contribution in [0.3, 0.4) is 0 Å². The van der Waals surface area contributed by atoms with Gasteiger partial charge >= 0.3 is 0 Å². The molecule has 0 N–H and O–H groups in total. The average molecular weight is 1300 g/mol. The van der Waals surface area contributed by atoms with Gasteiger partial charge < -0.3 is 9.13 Å². The van der Waals surface area contributed by atoms with Gasteiger partial charge in [-0.1, -0.05) is 267 Å². The molecule has 0 saturated heterocycles. The average Bonchev–Trinajstić information content (AvgIpc) is 1.24. The van der Waals surface area contributed by atoms with Crippen molar-refractivity contribution in [2.24, 2.45) is 0 Å². The Bertz CT molecular complexity index is 6810. The third kappa shape index (κ3) is 9.99. The van der Waals surface area contributed by atoms with Crippen LogP contribution in [0.5, 0.6) is 0 Å². The first-order valence-electron chi connectivity index (χ1n) is 34.2. The van der Waals surface area contributed by atoms with Gasteiger partial charge in [0.15, 0.2) is 17.5 Å². The topological polar surface area (TPSA) is 96.1 Å². The van der Waals surface area contributed by atoms with Crippen LogP contribution >= 0.6 is 0 Å². The normalized spacial score (nSPS) is 11.5. The second-order valence-electron chi connectivity index (χ2n) is 26.0. The molecule has 102 heavy (non-hydrogen) atoms. The lowest BCUT2D eigenvalue weighted by molar-refractivity contribution is 1.08. The number of hydrogen-bond acceptors (Lipinski definition) is 5. The van der Waals surface area contributed by atoms with Crippen LogP contribution in [0.1, 0.15) is 11.1 Å². The highest BCUT2D eigenvalue weighted by molar-refractivity contribution is 6.25. The highest BCUT2D eigenvalue weighted by Crippen LogP contribution is 2.45. The maximum atomic E-state index is 9.82. The Balaban J connectivity index is 0.000000145. The number of aromatic nitrogens is 5. The van der Waals surface area contributed by atoms with Gasteiger partial charge in [0, 0.05) is 49.6 Å². The van der Waals surface area contributed by atoms with E-state index in [1.807, 2.05) is 97.1 Å². The third-order valence-corrected chi connectivity index (χ3v) is 20.3. The molecule has 0 spiro atoms. The van der Waals surface area contributed by atoms with Gasteiger partial charge in [0.2, 0.25) is 0 Å². The van der Waals surface area contributed by atoms with E-state index in [4.69, 9.17) is 15.0 Å². The number of nitriles is 2. The second-order valence-corrected chi connectivity index (χ2v) is 26.0. The Morgan fingerprint density at radius 2 is 0.539 bits per heavy atom. The molecule has 0 atom stereocenters. The Kier molecular flexibility index (Phi) is 14.2. The van der Waals surface area contributed by atoms with Crippen molar-refractivity contribution in [3.63, 3.8) is 0 Å². The predicted molar refractivity (Wildman–Crippen MR) is 422 cm³/mol. The van der Waals surface area contributed by atoms with E-state index in [9.17, 15) is 10.5 Å². The minimum absolute atomic E-state index is 0.632. The van der Waals surface area contributed by atoms with E-state index in [1.54, 1.807) is 0 Å². The molecule has 17 aromatic carbocycles. The van der Waals surface area contributed by atoms with Crippen LogP contribution in [0.4, 0.5) is 0 Å². The number of nitrogens with zero attached hydrogens (tertiary/aromatic N) is 7. The summed E-state index contributed by atoms with van der Waals surface area (Å²) >= 11 is 0. The second kappa shape index (κ2) is 24.5. The molecule has 7 heteroatoms. The van der Waals surface area contributed by atoms with Crippen LogP contribution in [-0.4, -0.2) is 24.1 Å². The molecule has 0 aliphatic heterocycles. The van der Waals surface area contributed by atoms with Gasteiger partial charge in [-0.25, -0.2) is 15.0 Å². The van der Waals surface area contributed by atoms with E-state index in [0.717, 1.165) is 115 Å². The summed E-state index contributed by atoms with van der Waals surface area (Å²) in [7, 11) is 0. The fourth-order valence-corrected chi connectivity index (χ4v) is 15.5. The first-order valence-corrected chi connectivity index (χ1v) is 34.2. The quantitative estimate of drug-likeness (QED) is 0.141. The Labute approximate surface area is 587 Å². The van der Waals surface area contributed by atoms with Crippen LogP contribution in [0.15, 0.2) is 346 Å². The SMILES string of the molecule is N#Cc1ccc2c3ccc(-c4cc5c6ccccc6c(-c6nc(-c7ccccc7)nc(-c7ccccc7)n6)cc5c5ccccc45)cc3n(-c3ccccc3)c2c1.N#Cc1ccc2c3ccc(-c4ccc(-c5cc6c7ccccc7ccc6c6ccccc56)cc4)cc3n(-c3ccccc3)c2c1. The minimum Gasteiger partial charge on any atom is -0.309 e. The molecule has 7 nitrogen and oxygen atoms in total.